The van der Waals surface area contributed by atoms with E-state index >= 15 is 0 Å². The zero-order chi connectivity index (χ0) is 20.8. The summed E-state index contributed by atoms with van der Waals surface area (Å²) in [6.45, 7) is 0.266. The molecule has 150 valence electrons. The van der Waals surface area contributed by atoms with Gasteiger partial charge in [0, 0.05) is 18.1 Å². The first-order valence-electron chi connectivity index (χ1n) is 8.90. The quantitative estimate of drug-likeness (QED) is 0.440. The van der Waals surface area contributed by atoms with E-state index in [4.69, 9.17) is 0 Å². The molecule has 4 heterocycles. The van der Waals surface area contributed by atoms with Gasteiger partial charge >= 0.3 is 0 Å². The van der Waals surface area contributed by atoms with Gasteiger partial charge in [0.1, 0.15) is 0 Å². The minimum absolute atomic E-state index is 0.0992. The molecule has 0 saturated heterocycles. The molecule has 12 nitrogen and oxygen atoms in total. The van der Waals surface area contributed by atoms with Gasteiger partial charge in [-0.1, -0.05) is 12.1 Å². The van der Waals surface area contributed by atoms with E-state index in [1.807, 2.05) is 6.07 Å². The van der Waals surface area contributed by atoms with Crippen LogP contribution in [0.4, 0.5) is 5.82 Å². The first-order chi connectivity index (χ1) is 14.7. The summed E-state index contributed by atoms with van der Waals surface area (Å²) < 4.78 is 0. The number of anilines is 1. The van der Waals surface area contributed by atoms with Crippen molar-refractivity contribution in [1.29, 1.82) is 0 Å². The Labute approximate surface area is 169 Å². The number of amides is 2. The summed E-state index contributed by atoms with van der Waals surface area (Å²) in [7, 11) is 0. The lowest BCUT2D eigenvalue weighted by Crippen LogP contribution is -2.23. The number of hydrogen-bond acceptors (Lipinski definition) is 8. The lowest BCUT2D eigenvalue weighted by atomic mass is 10.2. The normalized spacial score (nSPS) is 10.5. The summed E-state index contributed by atoms with van der Waals surface area (Å²) in [6, 6.07) is 10.8. The molecule has 0 radical (unpaired) electrons. The van der Waals surface area contributed by atoms with Crippen LogP contribution in [0.3, 0.4) is 0 Å². The van der Waals surface area contributed by atoms with Crippen molar-refractivity contribution in [3.8, 4) is 0 Å². The Morgan fingerprint density at radius 2 is 1.57 bits per heavy atom. The molecule has 0 saturated carbocycles. The maximum Gasteiger partial charge on any atom is 0.273 e. The molecule has 4 aromatic heterocycles. The Balaban J connectivity index is 1.35. The lowest BCUT2D eigenvalue weighted by Gasteiger charge is -2.01. The van der Waals surface area contributed by atoms with Crippen LogP contribution in [0, 0.1) is 0 Å². The monoisotopic (exact) mass is 404 g/mol. The average molecular weight is 404 g/mol. The molecule has 0 fully saturated rings. The van der Waals surface area contributed by atoms with Crippen molar-refractivity contribution in [3.05, 3.63) is 78.3 Å². The van der Waals surface area contributed by atoms with Gasteiger partial charge in [0.15, 0.2) is 11.5 Å². The molecule has 0 atom stereocenters. The Bertz CT molecular complexity index is 1140. The van der Waals surface area contributed by atoms with Crippen molar-refractivity contribution in [2.45, 2.75) is 13.0 Å². The standard InChI is InChI=1S/C18H16N10O2/c29-17(9-13-5-1-3-7-19-13)22-16-12-28(26-24-16)27-11-15(23-25-27)18(30)21-10-14-6-2-4-8-20-14/h1-8,11-12H,9-10H2,(H,21,30)(H,22,29). The summed E-state index contributed by atoms with van der Waals surface area (Å²) in [6.07, 6.45) is 6.21. The largest absolute Gasteiger partial charge is 0.345 e. The molecule has 0 unspecified atom stereocenters. The van der Waals surface area contributed by atoms with Crippen LogP contribution in [0.25, 0.3) is 0 Å². The highest BCUT2D eigenvalue weighted by atomic mass is 16.2. The Kier molecular flexibility index (Phi) is 5.46. The lowest BCUT2D eigenvalue weighted by molar-refractivity contribution is -0.115. The third-order valence-electron chi connectivity index (χ3n) is 3.90. The average Bonchev–Trinajstić information content (AvgIpc) is 3.43. The molecule has 0 aliphatic carbocycles. The Hall–Kier alpha value is -4.48. The number of nitrogens with one attached hydrogen (secondary N) is 2. The maximum absolute atomic E-state index is 12.2. The van der Waals surface area contributed by atoms with Crippen LogP contribution < -0.4 is 10.6 Å². The van der Waals surface area contributed by atoms with Gasteiger partial charge in [-0.25, -0.2) is 0 Å². The molecule has 30 heavy (non-hydrogen) atoms. The first-order valence-corrected chi connectivity index (χ1v) is 8.90. The van der Waals surface area contributed by atoms with Crippen LogP contribution in [0.1, 0.15) is 21.9 Å². The second-order valence-electron chi connectivity index (χ2n) is 6.10. The van der Waals surface area contributed by atoms with Gasteiger partial charge in [-0.3, -0.25) is 19.6 Å². The number of pyridine rings is 2. The molecule has 2 amide bonds. The van der Waals surface area contributed by atoms with Crippen LogP contribution in [0.2, 0.25) is 0 Å². The molecule has 0 aromatic carbocycles. The second kappa shape index (κ2) is 8.68. The molecule has 0 aliphatic rings. The van der Waals surface area contributed by atoms with Gasteiger partial charge in [-0.05, 0) is 34.7 Å². The molecule has 12 heteroatoms. The third kappa shape index (κ3) is 4.67. The Morgan fingerprint density at radius 1 is 0.867 bits per heavy atom. The van der Waals surface area contributed by atoms with Crippen LogP contribution in [-0.2, 0) is 17.8 Å². The predicted molar refractivity (Wildman–Crippen MR) is 103 cm³/mol. The number of carbonyl (C=O) groups excluding carboxylic acids is 2. The van der Waals surface area contributed by atoms with Crippen LogP contribution in [-0.4, -0.2) is 52.0 Å². The van der Waals surface area contributed by atoms with Gasteiger partial charge in [0.05, 0.1) is 31.1 Å². The molecule has 0 spiro atoms. The van der Waals surface area contributed by atoms with Crippen molar-refractivity contribution >= 4 is 17.6 Å². The van der Waals surface area contributed by atoms with E-state index < -0.39 is 5.91 Å². The molecule has 4 rings (SSSR count). The molecule has 0 aliphatic heterocycles. The van der Waals surface area contributed by atoms with Crippen molar-refractivity contribution in [2.24, 2.45) is 0 Å². The number of nitrogens with zero attached hydrogens (tertiary/aromatic N) is 8. The maximum atomic E-state index is 12.2. The predicted octanol–water partition coefficient (Wildman–Crippen LogP) is 0.0822. The van der Waals surface area contributed by atoms with Gasteiger partial charge < -0.3 is 10.6 Å². The van der Waals surface area contributed by atoms with Crippen molar-refractivity contribution < 1.29 is 9.59 Å². The van der Waals surface area contributed by atoms with E-state index in [0.717, 1.165) is 5.69 Å². The number of hydrogen-bond donors (Lipinski definition) is 2. The van der Waals surface area contributed by atoms with E-state index in [0.29, 0.717) is 5.69 Å². The Morgan fingerprint density at radius 3 is 2.30 bits per heavy atom. The highest BCUT2D eigenvalue weighted by Crippen LogP contribution is 2.04. The highest BCUT2D eigenvalue weighted by Gasteiger charge is 2.13. The summed E-state index contributed by atoms with van der Waals surface area (Å²) in [5, 5.41) is 20.7. The summed E-state index contributed by atoms with van der Waals surface area (Å²) in [5.41, 5.74) is 1.46. The first kappa shape index (κ1) is 18.9. The second-order valence-corrected chi connectivity index (χ2v) is 6.10. The molecule has 4 aromatic rings. The number of carbonyl (C=O) groups is 2. The number of aromatic nitrogens is 8. The fraction of sp³-hybridized carbons (Fsp3) is 0.111. The van der Waals surface area contributed by atoms with Gasteiger partial charge in [0.25, 0.3) is 5.91 Å². The summed E-state index contributed by atoms with van der Waals surface area (Å²) in [4.78, 5) is 35.0. The van der Waals surface area contributed by atoms with Crippen molar-refractivity contribution in [3.63, 3.8) is 0 Å². The van der Waals surface area contributed by atoms with E-state index in [2.05, 4.69) is 41.2 Å². The fourth-order valence-corrected chi connectivity index (χ4v) is 2.49. The smallest absolute Gasteiger partial charge is 0.273 e. The van der Waals surface area contributed by atoms with E-state index in [1.54, 1.807) is 42.7 Å². The van der Waals surface area contributed by atoms with E-state index in [-0.39, 0.29) is 30.4 Å². The molecular formula is C18H16N10O2. The minimum Gasteiger partial charge on any atom is -0.345 e. The fourth-order valence-electron chi connectivity index (χ4n) is 2.49. The summed E-state index contributed by atoms with van der Waals surface area (Å²) in [5.74, 6) is -0.461. The minimum atomic E-state index is -0.407. The van der Waals surface area contributed by atoms with Crippen LogP contribution in [0.15, 0.2) is 61.2 Å². The zero-order valence-electron chi connectivity index (χ0n) is 15.6. The third-order valence-corrected chi connectivity index (χ3v) is 3.90. The molecular weight excluding hydrogens is 388 g/mol. The number of rotatable bonds is 7. The van der Waals surface area contributed by atoms with Crippen LogP contribution in [0.5, 0.6) is 0 Å². The van der Waals surface area contributed by atoms with Crippen molar-refractivity contribution in [2.75, 3.05) is 5.32 Å². The molecule has 2 N–H and O–H groups in total. The van der Waals surface area contributed by atoms with Gasteiger partial charge in [-0.15, -0.1) is 19.8 Å². The van der Waals surface area contributed by atoms with Crippen LogP contribution >= 0.6 is 0 Å². The summed E-state index contributed by atoms with van der Waals surface area (Å²) >= 11 is 0. The SMILES string of the molecule is O=C(Cc1ccccn1)Nc1cn(-n2cc(C(=O)NCc3ccccn3)nn2)nn1. The zero-order valence-corrected chi connectivity index (χ0v) is 15.6. The molecule has 0 bridgehead atoms. The van der Waals surface area contributed by atoms with Crippen molar-refractivity contribution in [1.82, 2.24) is 45.5 Å². The van der Waals surface area contributed by atoms with E-state index in [9.17, 15) is 9.59 Å². The van der Waals surface area contributed by atoms with E-state index in [1.165, 1.54) is 22.0 Å². The van der Waals surface area contributed by atoms with Gasteiger partial charge in [-0.2, -0.15) is 0 Å². The highest BCUT2D eigenvalue weighted by molar-refractivity contribution is 5.92. The van der Waals surface area contributed by atoms with Gasteiger partial charge in [0.2, 0.25) is 5.91 Å². The topological polar surface area (TPSA) is 145 Å².